The number of guanidine groups is 1. The molecule has 0 saturated carbocycles. The van der Waals surface area contributed by atoms with Gasteiger partial charge in [0.1, 0.15) is 0 Å². The molecule has 0 spiro atoms. The van der Waals surface area contributed by atoms with E-state index in [1.54, 1.807) is 0 Å². The molecule has 0 saturated heterocycles. The van der Waals surface area contributed by atoms with Gasteiger partial charge in [0.25, 0.3) is 5.91 Å². The predicted molar refractivity (Wildman–Crippen MR) is 107 cm³/mol. The number of anilines is 2. The van der Waals surface area contributed by atoms with E-state index in [1.807, 2.05) is 13.0 Å². The van der Waals surface area contributed by atoms with Gasteiger partial charge in [-0.1, -0.05) is 42.3 Å². The molecule has 9 heteroatoms. The lowest BCUT2D eigenvalue weighted by Crippen LogP contribution is -2.38. The van der Waals surface area contributed by atoms with Crippen LogP contribution in [0.5, 0.6) is 0 Å². The molecule has 0 aliphatic heterocycles. The Morgan fingerprint density at radius 2 is 2.00 bits per heavy atom. The largest absolute Gasteiger partial charge is 0.382 e. The second kappa shape index (κ2) is 11.1. The van der Waals surface area contributed by atoms with E-state index in [4.69, 9.17) is 28.8 Å². The molecule has 0 unspecified atom stereocenters. The van der Waals surface area contributed by atoms with Crippen LogP contribution in [-0.2, 0) is 0 Å². The fourth-order valence-corrected chi connectivity index (χ4v) is 2.32. The van der Waals surface area contributed by atoms with Gasteiger partial charge in [0.05, 0.1) is 0 Å². The first-order chi connectivity index (χ1) is 12.4. The number of aliphatic imine (C=N–C) groups is 1. The van der Waals surface area contributed by atoms with Gasteiger partial charge in [-0.2, -0.15) is 0 Å². The minimum Gasteiger partial charge on any atom is -0.382 e. The quantitative estimate of drug-likeness (QED) is 0.236. The topological polar surface area (TPSA) is 145 Å². The van der Waals surface area contributed by atoms with Crippen LogP contribution in [0, 0.1) is 0 Å². The van der Waals surface area contributed by atoms with Crippen LogP contribution in [0.25, 0.3) is 0 Å². The molecular weight excluding hydrogens is 354 g/mol. The summed E-state index contributed by atoms with van der Waals surface area (Å²) in [6.07, 6.45) is 10.2. The number of unbranched alkanes of at least 4 members (excludes halogenated alkanes) is 1. The lowest BCUT2D eigenvalue weighted by molar-refractivity contribution is 0.0972. The number of nitrogens with one attached hydrogen (secondary N) is 1. The van der Waals surface area contributed by atoms with Gasteiger partial charge in [0, 0.05) is 6.54 Å². The van der Waals surface area contributed by atoms with E-state index in [2.05, 4.69) is 39.4 Å². The molecule has 142 valence electrons. The van der Waals surface area contributed by atoms with Gasteiger partial charge < -0.3 is 17.2 Å². The van der Waals surface area contributed by atoms with E-state index >= 15 is 0 Å². The van der Waals surface area contributed by atoms with Gasteiger partial charge in [-0.3, -0.25) is 15.1 Å². The van der Waals surface area contributed by atoms with Crippen molar-refractivity contribution in [2.45, 2.75) is 39.5 Å². The second-order valence-electron chi connectivity index (χ2n) is 5.50. The molecule has 0 aliphatic rings. The summed E-state index contributed by atoms with van der Waals surface area (Å²) in [7, 11) is 0. The second-order valence-corrected chi connectivity index (χ2v) is 5.86. The number of allylic oxidation sites excluding steroid dienone is 4. The molecule has 0 bridgehead atoms. The highest BCUT2D eigenvalue weighted by Gasteiger charge is 2.16. The third kappa shape index (κ3) is 7.10. The summed E-state index contributed by atoms with van der Waals surface area (Å²) in [5.74, 6) is -0.825. The standard InChI is InChI=1S/C17H26ClN7O/c1-3-7-11(8-4-2)9-5-6-10-22-17(21)25-16(26)12-14(19)24-15(20)13(18)23-12/h3,7-8H,4-6,9-10H2,1-2H3,(H4,19,20,24)(H3,21,22,25,26)/b7-3-,11-8+. The predicted octanol–water partition coefficient (Wildman–Crippen LogP) is 2.42. The van der Waals surface area contributed by atoms with E-state index in [0.29, 0.717) is 6.54 Å². The molecule has 0 atom stereocenters. The molecule has 1 amide bonds. The van der Waals surface area contributed by atoms with Crippen LogP contribution in [0.3, 0.4) is 0 Å². The maximum absolute atomic E-state index is 12.1. The fraction of sp³-hybridized carbons (Fsp3) is 0.412. The number of nitrogens with zero attached hydrogens (tertiary/aromatic N) is 3. The first-order valence-corrected chi connectivity index (χ1v) is 8.78. The van der Waals surface area contributed by atoms with Gasteiger partial charge in [-0.05, 0) is 32.6 Å². The Morgan fingerprint density at radius 3 is 2.65 bits per heavy atom. The molecule has 0 aromatic carbocycles. The molecular formula is C17H26ClN7O. The highest BCUT2D eigenvalue weighted by molar-refractivity contribution is 6.31. The molecule has 7 N–H and O–H groups in total. The third-order valence-electron chi connectivity index (χ3n) is 3.36. The lowest BCUT2D eigenvalue weighted by Gasteiger charge is -2.07. The van der Waals surface area contributed by atoms with E-state index in [0.717, 1.165) is 25.7 Å². The number of nitrogen functional groups attached to an aromatic ring is 2. The Hall–Kier alpha value is -2.61. The smallest absolute Gasteiger partial charge is 0.280 e. The average molecular weight is 380 g/mol. The van der Waals surface area contributed by atoms with Gasteiger partial charge in [0.15, 0.2) is 28.4 Å². The number of aromatic nitrogens is 2. The van der Waals surface area contributed by atoms with Crippen LogP contribution < -0.4 is 22.5 Å². The maximum Gasteiger partial charge on any atom is 0.280 e. The van der Waals surface area contributed by atoms with Gasteiger partial charge >= 0.3 is 0 Å². The van der Waals surface area contributed by atoms with Crippen LogP contribution in [0.15, 0.2) is 28.8 Å². The van der Waals surface area contributed by atoms with Crippen LogP contribution in [0.2, 0.25) is 5.15 Å². The Bertz CT molecular complexity index is 713. The lowest BCUT2D eigenvalue weighted by atomic mass is 10.1. The van der Waals surface area contributed by atoms with Gasteiger partial charge in [0.2, 0.25) is 0 Å². The van der Waals surface area contributed by atoms with Crippen molar-refractivity contribution in [1.82, 2.24) is 15.3 Å². The number of hydrogen-bond donors (Lipinski definition) is 4. The minimum atomic E-state index is -0.639. The van der Waals surface area contributed by atoms with Crippen LogP contribution >= 0.6 is 11.6 Å². The molecule has 0 fully saturated rings. The molecule has 1 heterocycles. The normalized spacial score (nSPS) is 12.6. The summed E-state index contributed by atoms with van der Waals surface area (Å²) in [6.45, 7) is 4.62. The van der Waals surface area contributed by atoms with Crippen molar-refractivity contribution in [3.05, 3.63) is 34.6 Å². The zero-order valence-electron chi connectivity index (χ0n) is 15.1. The van der Waals surface area contributed by atoms with Gasteiger partial charge in [-0.15, -0.1) is 0 Å². The summed E-state index contributed by atoms with van der Waals surface area (Å²) in [5.41, 5.74) is 18.0. The van der Waals surface area contributed by atoms with Crippen LogP contribution in [0.1, 0.15) is 50.0 Å². The van der Waals surface area contributed by atoms with Gasteiger partial charge in [-0.25, -0.2) is 9.97 Å². The van der Waals surface area contributed by atoms with E-state index < -0.39 is 5.91 Å². The van der Waals surface area contributed by atoms with Crippen molar-refractivity contribution in [2.75, 3.05) is 18.0 Å². The monoisotopic (exact) mass is 379 g/mol. The summed E-state index contributed by atoms with van der Waals surface area (Å²) in [6, 6.07) is 0. The molecule has 1 rings (SSSR count). The first kappa shape index (κ1) is 21.4. The van der Waals surface area contributed by atoms with Crippen molar-refractivity contribution in [2.24, 2.45) is 10.7 Å². The molecule has 1 aromatic rings. The number of rotatable bonds is 8. The fourth-order valence-electron chi connectivity index (χ4n) is 2.19. The van der Waals surface area contributed by atoms with Crippen LogP contribution in [-0.4, -0.2) is 28.4 Å². The number of halogens is 1. The highest BCUT2D eigenvalue weighted by Crippen LogP contribution is 2.17. The number of amides is 1. The Labute approximate surface area is 158 Å². The summed E-state index contributed by atoms with van der Waals surface area (Å²) in [5, 5.41) is 2.31. The van der Waals surface area contributed by atoms with Crippen molar-refractivity contribution >= 4 is 35.1 Å². The van der Waals surface area contributed by atoms with E-state index in [-0.39, 0.29) is 28.4 Å². The summed E-state index contributed by atoms with van der Waals surface area (Å²) < 4.78 is 0. The number of hydrogen-bond acceptors (Lipinski definition) is 6. The SMILES string of the molecule is C/C=C\C(=C/CC)CCCCN=C(N)NC(=O)c1nc(Cl)c(N)nc1N. The Kier molecular flexibility index (Phi) is 9.14. The molecule has 0 aliphatic carbocycles. The van der Waals surface area contributed by atoms with Crippen molar-refractivity contribution in [3.8, 4) is 0 Å². The summed E-state index contributed by atoms with van der Waals surface area (Å²) in [4.78, 5) is 23.8. The number of carbonyl (C=O) groups excluding carboxylic acids is 1. The molecule has 26 heavy (non-hydrogen) atoms. The third-order valence-corrected chi connectivity index (χ3v) is 3.64. The Morgan fingerprint density at radius 1 is 1.27 bits per heavy atom. The Balaban J connectivity index is 2.50. The average Bonchev–Trinajstić information content (AvgIpc) is 2.58. The zero-order chi connectivity index (χ0) is 19.5. The van der Waals surface area contributed by atoms with Crippen LogP contribution in [0.4, 0.5) is 11.6 Å². The highest BCUT2D eigenvalue weighted by atomic mass is 35.5. The van der Waals surface area contributed by atoms with E-state index in [9.17, 15) is 4.79 Å². The number of nitrogens with two attached hydrogens (primary N) is 3. The van der Waals surface area contributed by atoms with Crippen molar-refractivity contribution < 1.29 is 4.79 Å². The minimum absolute atomic E-state index is 0.0121. The summed E-state index contributed by atoms with van der Waals surface area (Å²) >= 11 is 5.75. The van der Waals surface area contributed by atoms with Crippen molar-refractivity contribution in [1.29, 1.82) is 0 Å². The molecule has 8 nitrogen and oxygen atoms in total. The maximum atomic E-state index is 12.1. The molecule has 0 radical (unpaired) electrons. The molecule has 1 aromatic heterocycles. The van der Waals surface area contributed by atoms with Crippen molar-refractivity contribution in [3.63, 3.8) is 0 Å². The van der Waals surface area contributed by atoms with E-state index in [1.165, 1.54) is 5.57 Å². The number of carbonyl (C=O) groups is 1. The zero-order valence-corrected chi connectivity index (χ0v) is 15.9. The first-order valence-electron chi connectivity index (χ1n) is 8.40.